The van der Waals surface area contributed by atoms with Gasteiger partial charge in [-0.15, -0.1) is 14.5 Å². The highest BCUT2D eigenvalue weighted by atomic mass is 32.1. The second-order valence-electron chi connectivity index (χ2n) is 6.95. The van der Waals surface area contributed by atoms with Crippen LogP contribution in [0.15, 0.2) is 0 Å². The Bertz CT molecular complexity index is 580. The number of nitrogens with zero attached hydrogens (tertiary/aromatic N) is 4. The molecule has 1 aromatic rings. The van der Waals surface area contributed by atoms with E-state index in [0.29, 0.717) is 37.9 Å². The molecular weight excluding hydrogens is 366 g/mol. The van der Waals surface area contributed by atoms with Crippen LogP contribution < -0.4 is 15.0 Å². The number of hydrogen-bond donors (Lipinski definition) is 2. The normalized spacial score (nSPS) is 19.2. The molecule has 0 bridgehead atoms. The van der Waals surface area contributed by atoms with Gasteiger partial charge in [0.2, 0.25) is 5.82 Å². The van der Waals surface area contributed by atoms with Crippen LogP contribution in [0.3, 0.4) is 0 Å². The number of aromatic nitrogens is 2. The predicted octanol–water partition coefficient (Wildman–Crippen LogP) is 0.0794. The van der Waals surface area contributed by atoms with Crippen LogP contribution in [0.2, 0.25) is 0 Å². The molecule has 1 saturated heterocycles. The van der Waals surface area contributed by atoms with Crippen LogP contribution in [0.1, 0.15) is 20.8 Å². The maximum atomic E-state index is 10.3. The SMILES string of the molecule is CC(C)(C)NCC(O)COc1nsnc1N1CCOC(CO[N+](=O)[O-])C1. The summed E-state index contributed by atoms with van der Waals surface area (Å²) < 4.78 is 19.4. The Kier molecular flexibility index (Phi) is 7.32. The average molecular weight is 391 g/mol. The van der Waals surface area contributed by atoms with E-state index < -0.39 is 17.3 Å². The Balaban J connectivity index is 1.86. The highest BCUT2D eigenvalue weighted by Gasteiger charge is 2.26. The Hall–Kier alpha value is -1.76. The van der Waals surface area contributed by atoms with Gasteiger partial charge in [-0.05, 0) is 20.8 Å². The van der Waals surface area contributed by atoms with Crippen molar-refractivity contribution in [1.82, 2.24) is 14.1 Å². The van der Waals surface area contributed by atoms with Gasteiger partial charge in [0.25, 0.3) is 11.0 Å². The first-order valence-corrected chi connectivity index (χ1v) is 9.00. The summed E-state index contributed by atoms with van der Waals surface area (Å²) in [4.78, 5) is 16.6. The van der Waals surface area contributed by atoms with E-state index in [2.05, 4.69) is 18.9 Å². The molecule has 148 valence electrons. The average Bonchev–Trinajstić information content (AvgIpc) is 3.04. The van der Waals surface area contributed by atoms with E-state index in [0.717, 1.165) is 11.7 Å². The van der Waals surface area contributed by atoms with Gasteiger partial charge in [-0.2, -0.15) is 4.37 Å². The molecule has 0 saturated carbocycles. The minimum atomic E-state index is -0.839. The molecule has 1 aromatic heterocycles. The maximum absolute atomic E-state index is 10.3. The molecule has 1 fully saturated rings. The van der Waals surface area contributed by atoms with Gasteiger partial charge < -0.3 is 29.6 Å². The third-order valence-electron chi connectivity index (χ3n) is 3.53. The van der Waals surface area contributed by atoms with E-state index in [1.807, 2.05) is 25.7 Å². The molecule has 2 N–H and O–H groups in total. The van der Waals surface area contributed by atoms with E-state index in [1.54, 1.807) is 0 Å². The van der Waals surface area contributed by atoms with Crippen LogP contribution >= 0.6 is 11.7 Å². The zero-order valence-electron chi connectivity index (χ0n) is 15.1. The number of hydrogen-bond acceptors (Lipinski definition) is 11. The van der Waals surface area contributed by atoms with Crippen LogP contribution in [0.5, 0.6) is 5.88 Å². The summed E-state index contributed by atoms with van der Waals surface area (Å²) in [6.45, 7) is 7.71. The number of β-amino-alcohol motifs (C(OH)–C–C–N with tert-alkyl or cyclic N) is 1. The Morgan fingerprint density at radius 1 is 1.54 bits per heavy atom. The van der Waals surface area contributed by atoms with Crippen LogP contribution in [0.4, 0.5) is 5.82 Å². The van der Waals surface area contributed by atoms with Crippen molar-refractivity contribution in [2.24, 2.45) is 0 Å². The number of ether oxygens (including phenoxy) is 2. The third-order valence-corrected chi connectivity index (χ3v) is 4.03. The van der Waals surface area contributed by atoms with E-state index in [9.17, 15) is 15.2 Å². The summed E-state index contributed by atoms with van der Waals surface area (Å²) in [6, 6.07) is 0. The Morgan fingerprint density at radius 3 is 3.00 bits per heavy atom. The first-order chi connectivity index (χ1) is 12.2. The van der Waals surface area contributed by atoms with Crippen molar-refractivity contribution in [3.8, 4) is 5.88 Å². The molecule has 2 unspecified atom stereocenters. The predicted molar refractivity (Wildman–Crippen MR) is 94.1 cm³/mol. The van der Waals surface area contributed by atoms with Crippen molar-refractivity contribution in [1.29, 1.82) is 0 Å². The van der Waals surface area contributed by atoms with Gasteiger partial charge in [0.15, 0.2) is 0 Å². The van der Waals surface area contributed by atoms with Crippen molar-refractivity contribution in [2.45, 2.75) is 38.5 Å². The molecular formula is C14H25N5O6S. The van der Waals surface area contributed by atoms with Gasteiger partial charge in [-0.1, -0.05) is 0 Å². The molecule has 0 spiro atoms. The number of aliphatic hydroxyl groups is 1. The molecule has 26 heavy (non-hydrogen) atoms. The lowest BCUT2D eigenvalue weighted by Crippen LogP contribution is -2.45. The molecule has 1 aliphatic heterocycles. The largest absolute Gasteiger partial charge is 0.472 e. The Labute approximate surface area is 155 Å². The van der Waals surface area contributed by atoms with Crippen LogP contribution in [0.25, 0.3) is 0 Å². The zero-order valence-corrected chi connectivity index (χ0v) is 15.9. The van der Waals surface area contributed by atoms with Crippen molar-refractivity contribution >= 4 is 17.5 Å². The molecule has 2 rings (SSSR count). The molecule has 0 aliphatic carbocycles. The smallest absolute Gasteiger partial charge is 0.294 e. The number of nitrogens with one attached hydrogen (secondary N) is 1. The number of anilines is 1. The molecule has 1 aliphatic rings. The van der Waals surface area contributed by atoms with Gasteiger partial charge in [0, 0.05) is 25.2 Å². The highest BCUT2D eigenvalue weighted by Crippen LogP contribution is 2.27. The quantitative estimate of drug-likeness (QED) is 0.440. The van der Waals surface area contributed by atoms with Crippen molar-refractivity contribution < 1.29 is 24.5 Å². The molecule has 11 nitrogen and oxygen atoms in total. The van der Waals surface area contributed by atoms with Crippen LogP contribution in [-0.2, 0) is 9.57 Å². The maximum Gasteiger partial charge on any atom is 0.294 e. The molecule has 12 heteroatoms. The summed E-state index contributed by atoms with van der Waals surface area (Å²) >= 11 is 1.00. The molecule has 0 amide bonds. The van der Waals surface area contributed by atoms with E-state index in [-0.39, 0.29) is 18.8 Å². The fraction of sp³-hybridized carbons (Fsp3) is 0.857. The fourth-order valence-electron chi connectivity index (χ4n) is 2.27. The summed E-state index contributed by atoms with van der Waals surface area (Å²) in [6.07, 6.45) is -1.13. The molecule has 0 aromatic carbocycles. The van der Waals surface area contributed by atoms with E-state index in [4.69, 9.17) is 9.47 Å². The molecule has 2 heterocycles. The number of rotatable bonds is 9. The lowest BCUT2D eigenvalue weighted by Gasteiger charge is -2.32. The highest BCUT2D eigenvalue weighted by molar-refractivity contribution is 6.99. The van der Waals surface area contributed by atoms with Gasteiger partial charge in [0.05, 0.1) is 24.4 Å². The van der Waals surface area contributed by atoms with Gasteiger partial charge in [0.1, 0.15) is 19.3 Å². The summed E-state index contributed by atoms with van der Waals surface area (Å²) in [7, 11) is 0. The van der Waals surface area contributed by atoms with Gasteiger partial charge >= 0.3 is 0 Å². The lowest BCUT2D eigenvalue weighted by atomic mass is 10.1. The fourth-order valence-corrected chi connectivity index (χ4v) is 2.79. The summed E-state index contributed by atoms with van der Waals surface area (Å²) in [5, 5.41) is 22.7. The van der Waals surface area contributed by atoms with Crippen molar-refractivity contribution in [2.75, 3.05) is 44.4 Å². The van der Waals surface area contributed by atoms with Gasteiger partial charge in [-0.25, -0.2) is 0 Å². The number of aliphatic hydroxyl groups excluding tert-OH is 1. The monoisotopic (exact) mass is 391 g/mol. The van der Waals surface area contributed by atoms with Gasteiger partial charge in [-0.3, -0.25) is 0 Å². The first-order valence-electron chi connectivity index (χ1n) is 8.27. The molecule has 0 radical (unpaired) electrons. The van der Waals surface area contributed by atoms with Crippen LogP contribution in [0, 0.1) is 10.1 Å². The van der Waals surface area contributed by atoms with Crippen molar-refractivity contribution in [3.05, 3.63) is 10.1 Å². The second-order valence-corrected chi connectivity index (χ2v) is 7.48. The first kappa shape index (κ1) is 20.6. The summed E-state index contributed by atoms with van der Waals surface area (Å²) in [5.41, 5.74) is -0.0943. The minimum Gasteiger partial charge on any atom is -0.472 e. The standard InChI is InChI=1S/C14H25N5O6S/c1-14(2,3)15-6-10(20)8-24-13-12(16-26-17-13)18-4-5-23-11(7-18)9-25-19(21)22/h10-11,15,20H,4-9H2,1-3H3. The summed E-state index contributed by atoms with van der Waals surface area (Å²) in [5.74, 6) is 0.876. The van der Waals surface area contributed by atoms with Crippen molar-refractivity contribution in [3.63, 3.8) is 0 Å². The second kappa shape index (κ2) is 9.26. The Morgan fingerprint density at radius 2 is 2.31 bits per heavy atom. The topological polar surface area (TPSA) is 132 Å². The number of morpholine rings is 1. The molecule has 2 atom stereocenters. The minimum absolute atomic E-state index is 0.0830. The van der Waals surface area contributed by atoms with E-state index in [1.165, 1.54) is 0 Å². The zero-order chi connectivity index (χ0) is 19.2. The lowest BCUT2D eigenvalue weighted by molar-refractivity contribution is -0.759. The van der Waals surface area contributed by atoms with E-state index >= 15 is 0 Å². The third kappa shape index (κ3) is 6.86. The van der Waals surface area contributed by atoms with Crippen LogP contribution in [-0.4, -0.2) is 76.1 Å².